The fourth-order valence-corrected chi connectivity index (χ4v) is 3.77. The first-order valence-corrected chi connectivity index (χ1v) is 9.75. The Morgan fingerprint density at radius 3 is 2.86 bits per heavy atom. The maximum atomic E-state index is 11.9. The molecule has 1 fully saturated rings. The number of allylic oxidation sites excluding steroid dienone is 1. The van der Waals surface area contributed by atoms with Crippen LogP contribution in [0.1, 0.15) is 46.0 Å². The molecular weight excluding hydrogens is 298 g/mol. The number of aliphatic imine (C=N–C) groups is 1. The summed E-state index contributed by atoms with van der Waals surface area (Å²) < 4.78 is 26.5. The first-order valence-electron chi connectivity index (χ1n) is 8.10. The van der Waals surface area contributed by atoms with Crippen molar-refractivity contribution < 1.29 is 8.42 Å². The molecule has 0 aromatic heterocycles. The average Bonchev–Trinajstić information content (AvgIpc) is 2.46. The molecule has 6 heteroatoms. The van der Waals surface area contributed by atoms with Crippen molar-refractivity contribution in [2.24, 2.45) is 4.99 Å². The van der Waals surface area contributed by atoms with Gasteiger partial charge in [0.1, 0.15) is 0 Å². The standard InChI is InChI=1S/C16H29N3O2S/c1-4-6-10-17-11-9-15(3)19-12-7-8-16(14-19)18-22(20,21)13-5-2/h9-11,16,18H,3-8,12-14H2,1-2H3/b11-9-,17-10?. The van der Waals surface area contributed by atoms with Gasteiger partial charge in [0.2, 0.25) is 10.0 Å². The van der Waals surface area contributed by atoms with E-state index in [9.17, 15) is 8.42 Å². The highest BCUT2D eigenvalue weighted by Crippen LogP contribution is 2.16. The molecule has 1 aliphatic heterocycles. The van der Waals surface area contributed by atoms with E-state index in [1.807, 2.05) is 19.2 Å². The lowest BCUT2D eigenvalue weighted by atomic mass is 10.1. The highest BCUT2D eigenvalue weighted by Gasteiger charge is 2.23. The van der Waals surface area contributed by atoms with Gasteiger partial charge in [-0.25, -0.2) is 13.1 Å². The SMILES string of the molecule is C=C(/C=C\N=CCCC)N1CCCC(NS(=O)(=O)CCC)C1. The van der Waals surface area contributed by atoms with Gasteiger partial charge >= 0.3 is 0 Å². The Kier molecular flexibility index (Phi) is 8.42. The van der Waals surface area contributed by atoms with E-state index in [1.165, 1.54) is 0 Å². The van der Waals surface area contributed by atoms with Gasteiger partial charge in [-0.05, 0) is 31.8 Å². The lowest BCUT2D eigenvalue weighted by Crippen LogP contribution is -2.47. The van der Waals surface area contributed by atoms with Gasteiger partial charge in [0.15, 0.2) is 0 Å². The zero-order chi connectivity index (χ0) is 16.4. The Bertz CT molecular complexity index is 498. The van der Waals surface area contributed by atoms with Crippen LogP contribution >= 0.6 is 0 Å². The van der Waals surface area contributed by atoms with Crippen LogP contribution in [-0.2, 0) is 10.0 Å². The molecule has 0 radical (unpaired) electrons. The molecule has 5 nitrogen and oxygen atoms in total. The van der Waals surface area contributed by atoms with Crippen LogP contribution in [-0.4, -0.2) is 44.4 Å². The quantitative estimate of drug-likeness (QED) is 0.523. The Morgan fingerprint density at radius 1 is 1.41 bits per heavy atom. The minimum absolute atomic E-state index is 0.0287. The van der Waals surface area contributed by atoms with Gasteiger partial charge in [-0.15, -0.1) is 0 Å². The second-order valence-corrected chi connectivity index (χ2v) is 7.52. The Balaban J connectivity index is 2.50. The van der Waals surface area contributed by atoms with Gasteiger partial charge in [0.25, 0.3) is 0 Å². The average molecular weight is 327 g/mol. The third-order valence-corrected chi connectivity index (χ3v) is 5.16. The molecule has 1 unspecified atom stereocenters. The van der Waals surface area contributed by atoms with Crippen LogP contribution in [0.3, 0.4) is 0 Å². The molecule has 0 bridgehead atoms. The van der Waals surface area contributed by atoms with E-state index in [2.05, 4.69) is 28.1 Å². The normalized spacial score (nSPS) is 20.1. The minimum Gasteiger partial charge on any atom is -0.370 e. The van der Waals surface area contributed by atoms with Crippen LogP contribution in [0.5, 0.6) is 0 Å². The molecule has 1 atom stereocenters. The van der Waals surface area contributed by atoms with Crippen LogP contribution < -0.4 is 4.72 Å². The summed E-state index contributed by atoms with van der Waals surface area (Å²) in [5, 5.41) is 0. The van der Waals surface area contributed by atoms with Gasteiger partial charge in [-0.1, -0.05) is 26.8 Å². The van der Waals surface area contributed by atoms with Crippen LogP contribution in [0.2, 0.25) is 0 Å². The summed E-state index contributed by atoms with van der Waals surface area (Å²) in [7, 11) is -3.16. The van der Waals surface area contributed by atoms with Gasteiger partial charge in [-0.3, -0.25) is 4.99 Å². The van der Waals surface area contributed by atoms with E-state index in [0.29, 0.717) is 13.0 Å². The first kappa shape index (κ1) is 18.9. The molecule has 1 heterocycles. The fraction of sp³-hybridized carbons (Fsp3) is 0.688. The first-order chi connectivity index (χ1) is 10.5. The van der Waals surface area contributed by atoms with Gasteiger partial charge in [0, 0.05) is 37.2 Å². The second kappa shape index (κ2) is 9.79. The third-order valence-electron chi connectivity index (χ3n) is 3.52. The number of hydrogen-bond donors (Lipinski definition) is 1. The van der Waals surface area contributed by atoms with E-state index < -0.39 is 10.0 Å². The van der Waals surface area contributed by atoms with E-state index >= 15 is 0 Å². The van der Waals surface area contributed by atoms with Crippen molar-refractivity contribution in [3.63, 3.8) is 0 Å². The topological polar surface area (TPSA) is 61.8 Å². The number of nitrogens with zero attached hydrogens (tertiary/aromatic N) is 2. The van der Waals surface area contributed by atoms with E-state index in [0.717, 1.165) is 37.9 Å². The van der Waals surface area contributed by atoms with E-state index in [1.54, 1.807) is 6.20 Å². The molecule has 0 aliphatic carbocycles. The number of hydrogen-bond acceptors (Lipinski definition) is 4. The lowest BCUT2D eigenvalue weighted by Gasteiger charge is -2.34. The molecule has 0 aromatic carbocycles. The summed E-state index contributed by atoms with van der Waals surface area (Å²) in [6.45, 7) is 9.62. The predicted molar refractivity (Wildman–Crippen MR) is 93.5 cm³/mol. The predicted octanol–water partition coefficient (Wildman–Crippen LogP) is 2.68. The van der Waals surface area contributed by atoms with Gasteiger partial charge < -0.3 is 4.90 Å². The fourth-order valence-electron chi connectivity index (χ4n) is 2.41. The van der Waals surface area contributed by atoms with Crippen molar-refractivity contribution in [1.29, 1.82) is 0 Å². The molecule has 126 valence electrons. The molecule has 22 heavy (non-hydrogen) atoms. The highest BCUT2D eigenvalue weighted by atomic mass is 32.2. The molecule has 0 aromatic rings. The molecule has 0 amide bonds. The van der Waals surface area contributed by atoms with Crippen molar-refractivity contribution in [3.05, 3.63) is 24.6 Å². The van der Waals surface area contributed by atoms with Crippen LogP contribution in [0, 0.1) is 0 Å². The monoisotopic (exact) mass is 327 g/mol. The van der Waals surface area contributed by atoms with Crippen LogP contribution in [0.15, 0.2) is 29.5 Å². The minimum atomic E-state index is -3.16. The second-order valence-electron chi connectivity index (χ2n) is 5.65. The van der Waals surface area contributed by atoms with Crippen molar-refractivity contribution >= 4 is 16.2 Å². The summed E-state index contributed by atoms with van der Waals surface area (Å²) in [6.07, 6.45) is 10.1. The largest absolute Gasteiger partial charge is 0.370 e. The molecule has 1 N–H and O–H groups in total. The van der Waals surface area contributed by atoms with Crippen molar-refractivity contribution in [1.82, 2.24) is 9.62 Å². The number of piperidine rings is 1. The van der Waals surface area contributed by atoms with Crippen molar-refractivity contribution in [3.8, 4) is 0 Å². The lowest BCUT2D eigenvalue weighted by molar-refractivity contribution is 0.257. The molecule has 1 aliphatic rings. The number of likely N-dealkylation sites (tertiary alicyclic amines) is 1. The molecule has 0 saturated carbocycles. The highest BCUT2D eigenvalue weighted by molar-refractivity contribution is 7.89. The number of rotatable bonds is 9. The van der Waals surface area contributed by atoms with Gasteiger partial charge in [-0.2, -0.15) is 0 Å². The Morgan fingerprint density at radius 2 is 2.18 bits per heavy atom. The summed E-state index contributed by atoms with van der Waals surface area (Å²) in [4.78, 5) is 6.31. The van der Waals surface area contributed by atoms with Crippen molar-refractivity contribution in [2.45, 2.75) is 52.0 Å². The molecule has 1 rings (SSSR count). The summed E-state index contributed by atoms with van der Waals surface area (Å²) in [5.41, 5.74) is 0.882. The zero-order valence-electron chi connectivity index (χ0n) is 13.8. The summed E-state index contributed by atoms with van der Waals surface area (Å²) >= 11 is 0. The Labute approximate surface area is 135 Å². The van der Waals surface area contributed by atoms with Crippen LogP contribution in [0.4, 0.5) is 0 Å². The molecule has 0 spiro atoms. The molecular formula is C16H29N3O2S. The number of unbranched alkanes of at least 4 members (excludes halogenated alkanes) is 1. The Hall–Kier alpha value is -1.14. The smallest absolute Gasteiger partial charge is 0.211 e. The number of sulfonamides is 1. The summed E-state index contributed by atoms with van der Waals surface area (Å²) in [6, 6.07) is -0.0287. The maximum absolute atomic E-state index is 11.9. The molecule has 1 saturated heterocycles. The van der Waals surface area contributed by atoms with E-state index in [-0.39, 0.29) is 11.8 Å². The maximum Gasteiger partial charge on any atom is 0.211 e. The number of nitrogens with one attached hydrogen (secondary N) is 1. The van der Waals surface area contributed by atoms with Crippen molar-refractivity contribution in [2.75, 3.05) is 18.8 Å². The summed E-state index contributed by atoms with van der Waals surface area (Å²) in [5.74, 6) is 0.191. The third kappa shape index (κ3) is 7.22. The van der Waals surface area contributed by atoms with Gasteiger partial charge in [0.05, 0.1) is 5.75 Å². The van der Waals surface area contributed by atoms with Crippen LogP contribution in [0.25, 0.3) is 0 Å². The zero-order valence-corrected chi connectivity index (χ0v) is 14.6. The van der Waals surface area contributed by atoms with E-state index in [4.69, 9.17) is 0 Å².